The molecule has 24 heavy (non-hydrogen) atoms. The van der Waals surface area contributed by atoms with Crippen molar-refractivity contribution in [2.24, 2.45) is 5.41 Å². The lowest BCUT2D eigenvalue weighted by molar-refractivity contribution is -0.146. The second-order valence-electron chi connectivity index (χ2n) is 6.02. The minimum atomic E-state index is -0.939. The van der Waals surface area contributed by atoms with E-state index in [0.717, 1.165) is 12.0 Å². The minimum Gasteiger partial charge on any atom is -0.466 e. The van der Waals surface area contributed by atoms with Gasteiger partial charge in [-0.15, -0.1) is 0 Å². The van der Waals surface area contributed by atoms with Crippen LogP contribution in [0.25, 0.3) is 0 Å². The van der Waals surface area contributed by atoms with E-state index in [0.29, 0.717) is 12.8 Å². The molecule has 1 saturated carbocycles. The molecule has 1 amide bonds. The molecule has 6 nitrogen and oxygen atoms in total. The molecule has 1 spiro atoms. The number of hydrogen-bond donors (Lipinski definition) is 0. The lowest BCUT2D eigenvalue weighted by Crippen LogP contribution is -2.43. The van der Waals surface area contributed by atoms with Gasteiger partial charge in [0, 0.05) is 0 Å². The molecule has 0 bridgehead atoms. The Labute approximate surface area is 140 Å². The third-order valence-electron chi connectivity index (χ3n) is 4.80. The Morgan fingerprint density at radius 3 is 2.21 bits per heavy atom. The van der Waals surface area contributed by atoms with Crippen molar-refractivity contribution >= 4 is 17.8 Å². The number of carbonyl (C=O) groups excluding carboxylic acids is 3. The van der Waals surface area contributed by atoms with Crippen molar-refractivity contribution in [2.75, 3.05) is 14.2 Å². The zero-order chi connectivity index (χ0) is 17.3. The summed E-state index contributed by atoms with van der Waals surface area (Å²) < 4.78 is 9.69. The fraction of sp³-hybridized carbons (Fsp3) is 0.389. The predicted molar refractivity (Wildman–Crippen MR) is 84.3 cm³/mol. The molecule has 0 unspecified atom stereocenters. The van der Waals surface area contributed by atoms with Crippen molar-refractivity contribution in [1.29, 1.82) is 0 Å². The Morgan fingerprint density at radius 2 is 1.71 bits per heavy atom. The zero-order valence-corrected chi connectivity index (χ0v) is 13.7. The molecule has 1 aliphatic heterocycles. The van der Waals surface area contributed by atoms with Gasteiger partial charge in [-0.1, -0.05) is 36.8 Å². The Bertz CT molecular complexity index is 718. The van der Waals surface area contributed by atoms with Crippen LogP contribution in [0.3, 0.4) is 0 Å². The van der Waals surface area contributed by atoms with E-state index < -0.39 is 17.4 Å². The van der Waals surface area contributed by atoms with Gasteiger partial charge in [0.15, 0.2) is 0 Å². The van der Waals surface area contributed by atoms with E-state index in [1.807, 2.05) is 30.3 Å². The average Bonchev–Trinajstić information content (AvgIpc) is 2.83. The number of rotatable bonds is 4. The highest BCUT2D eigenvalue weighted by molar-refractivity contribution is 6.13. The predicted octanol–water partition coefficient (Wildman–Crippen LogP) is 1.80. The molecule has 1 aromatic carbocycles. The average molecular weight is 329 g/mol. The van der Waals surface area contributed by atoms with Crippen molar-refractivity contribution in [3.63, 3.8) is 0 Å². The van der Waals surface area contributed by atoms with Gasteiger partial charge in [0.05, 0.1) is 31.8 Å². The molecule has 1 aromatic rings. The number of nitrogens with zero attached hydrogens (tertiary/aromatic N) is 1. The number of amides is 1. The van der Waals surface area contributed by atoms with Crippen LogP contribution in [-0.2, 0) is 30.4 Å². The zero-order valence-electron chi connectivity index (χ0n) is 13.7. The van der Waals surface area contributed by atoms with Gasteiger partial charge >= 0.3 is 11.9 Å². The Kier molecular flexibility index (Phi) is 4.13. The summed E-state index contributed by atoms with van der Waals surface area (Å²) in [7, 11) is 2.49. The van der Waals surface area contributed by atoms with E-state index in [2.05, 4.69) is 0 Å². The van der Waals surface area contributed by atoms with Crippen molar-refractivity contribution in [3.8, 4) is 0 Å². The number of methoxy groups -OCH3 is 2. The number of esters is 2. The molecule has 6 heteroatoms. The molecule has 0 aromatic heterocycles. The number of hydrogen-bond acceptors (Lipinski definition) is 5. The molecule has 1 fully saturated rings. The van der Waals surface area contributed by atoms with E-state index >= 15 is 0 Å². The Morgan fingerprint density at radius 1 is 1.08 bits per heavy atom. The van der Waals surface area contributed by atoms with Gasteiger partial charge in [0.1, 0.15) is 5.70 Å². The summed E-state index contributed by atoms with van der Waals surface area (Å²) in [5.41, 5.74) is 0.0839. The molecule has 2 aliphatic rings. The third kappa shape index (κ3) is 2.29. The maximum atomic E-state index is 13.0. The van der Waals surface area contributed by atoms with Gasteiger partial charge in [0.2, 0.25) is 5.91 Å². The van der Waals surface area contributed by atoms with Gasteiger partial charge in [0.25, 0.3) is 0 Å². The van der Waals surface area contributed by atoms with Gasteiger partial charge in [-0.3, -0.25) is 4.79 Å². The fourth-order valence-electron chi connectivity index (χ4n) is 3.44. The highest BCUT2D eigenvalue weighted by Gasteiger charge is 2.60. The molecule has 0 atom stereocenters. The lowest BCUT2D eigenvalue weighted by atomic mass is 9.64. The first-order chi connectivity index (χ1) is 11.5. The normalized spacial score (nSPS) is 18.6. The highest BCUT2D eigenvalue weighted by Crippen LogP contribution is 2.54. The summed E-state index contributed by atoms with van der Waals surface area (Å²) in [5, 5.41) is 0. The van der Waals surface area contributed by atoms with E-state index in [4.69, 9.17) is 9.47 Å². The monoisotopic (exact) mass is 329 g/mol. The van der Waals surface area contributed by atoms with Crippen LogP contribution in [0.15, 0.2) is 41.6 Å². The first-order valence-corrected chi connectivity index (χ1v) is 7.82. The number of carbonyl (C=O) groups is 3. The minimum absolute atomic E-state index is 0.0119. The molecule has 3 rings (SSSR count). The smallest absolute Gasteiger partial charge is 0.355 e. The van der Waals surface area contributed by atoms with Crippen molar-refractivity contribution in [1.82, 2.24) is 4.90 Å². The summed E-state index contributed by atoms with van der Waals surface area (Å²) in [5.74, 6) is -1.55. The number of ether oxygens (including phenoxy) is 2. The molecule has 0 N–H and O–H groups in total. The van der Waals surface area contributed by atoms with Crippen LogP contribution in [0.5, 0.6) is 0 Å². The van der Waals surface area contributed by atoms with Crippen LogP contribution in [0.2, 0.25) is 0 Å². The second-order valence-corrected chi connectivity index (χ2v) is 6.02. The second kappa shape index (κ2) is 6.11. The molecular weight excluding hydrogens is 310 g/mol. The Hall–Kier alpha value is -2.63. The van der Waals surface area contributed by atoms with Gasteiger partial charge in [-0.05, 0) is 18.4 Å². The standard InChI is InChI=1S/C18H19NO5/c1-23-15(20)13-14(16(21)24-2)19(11-12-7-4-3-5-8-12)17(22)18(13)9-6-10-18/h3-5,7-8H,6,9-11H2,1-2H3. The molecule has 1 heterocycles. The SMILES string of the molecule is COC(=O)C1=C(C(=O)OC)C2(CCC2)C(=O)N1Cc1ccccc1. The fourth-order valence-corrected chi connectivity index (χ4v) is 3.44. The summed E-state index contributed by atoms with van der Waals surface area (Å²) in [6, 6.07) is 9.33. The van der Waals surface area contributed by atoms with Crippen molar-refractivity contribution in [2.45, 2.75) is 25.8 Å². The molecule has 1 aliphatic carbocycles. The first kappa shape index (κ1) is 16.2. The van der Waals surface area contributed by atoms with Crippen LogP contribution in [0, 0.1) is 5.41 Å². The molecule has 0 radical (unpaired) electrons. The Balaban J connectivity index is 2.09. The van der Waals surface area contributed by atoms with Crippen molar-refractivity contribution in [3.05, 3.63) is 47.2 Å². The van der Waals surface area contributed by atoms with Crippen LogP contribution in [-0.4, -0.2) is 37.0 Å². The summed E-state index contributed by atoms with van der Waals surface area (Å²) in [6.45, 7) is 0.215. The summed E-state index contributed by atoms with van der Waals surface area (Å²) in [6.07, 6.45) is 1.92. The largest absolute Gasteiger partial charge is 0.466 e. The van der Waals surface area contributed by atoms with Crippen LogP contribution in [0.1, 0.15) is 24.8 Å². The maximum Gasteiger partial charge on any atom is 0.355 e. The van der Waals surface area contributed by atoms with Crippen molar-refractivity contribution < 1.29 is 23.9 Å². The van der Waals surface area contributed by atoms with E-state index in [1.165, 1.54) is 19.1 Å². The van der Waals surface area contributed by atoms with E-state index in [-0.39, 0.29) is 23.7 Å². The first-order valence-electron chi connectivity index (χ1n) is 7.82. The van der Waals surface area contributed by atoms with E-state index in [9.17, 15) is 14.4 Å². The van der Waals surface area contributed by atoms with E-state index in [1.54, 1.807) is 0 Å². The summed E-state index contributed by atoms with van der Waals surface area (Å²) >= 11 is 0. The quantitative estimate of drug-likeness (QED) is 0.788. The van der Waals surface area contributed by atoms with Crippen LogP contribution < -0.4 is 0 Å². The topological polar surface area (TPSA) is 72.9 Å². The lowest BCUT2D eigenvalue weighted by Gasteiger charge is -2.37. The molecular formula is C18H19NO5. The van der Waals surface area contributed by atoms with Crippen LogP contribution in [0.4, 0.5) is 0 Å². The molecule has 0 saturated heterocycles. The van der Waals surface area contributed by atoms with Crippen LogP contribution >= 0.6 is 0 Å². The van der Waals surface area contributed by atoms with Gasteiger partial charge in [-0.2, -0.15) is 0 Å². The third-order valence-corrected chi connectivity index (χ3v) is 4.80. The highest BCUT2D eigenvalue weighted by atomic mass is 16.5. The number of benzene rings is 1. The maximum absolute atomic E-state index is 13.0. The van der Waals surface area contributed by atoms with Gasteiger partial charge < -0.3 is 14.4 Å². The molecule has 126 valence electrons. The van der Waals surface area contributed by atoms with Gasteiger partial charge in [-0.25, -0.2) is 9.59 Å². The summed E-state index contributed by atoms with van der Waals surface area (Å²) in [4.78, 5) is 39.1.